The summed E-state index contributed by atoms with van der Waals surface area (Å²) >= 11 is 0. The number of pyridine rings is 1. The number of hydrogen-bond donors (Lipinski definition) is 3. The van der Waals surface area contributed by atoms with Crippen LogP contribution in [0.25, 0.3) is 0 Å². The molecule has 1 fully saturated rings. The zero-order chi connectivity index (χ0) is 16.7. The van der Waals surface area contributed by atoms with Crippen molar-refractivity contribution in [1.82, 2.24) is 15.6 Å². The molecule has 0 aromatic carbocycles. The number of urea groups is 1. The third kappa shape index (κ3) is 5.39. The first-order valence-electron chi connectivity index (χ1n) is 8.49. The minimum absolute atomic E-state index is 0.0385. The molecule has 0 radical (unpaired) electrons. The molecule has 1 aliphatic heterocycles. The molecule has 1 aromatic rings. The van der Waals surface area contributed by atoms with Gasteiger partial charge in [0.05, 0.1) is 0 Å². The number of aliphatic hydroxyl groups excluding tert-OH is 1. The lowest BCUT2D eigenvalue weighted by Gasteiger charge is -2.33. The molecule has 2 rings (SSSR count). The summed E-state index contributed by atoms with van der Waals surface area (Å²) < 4.78 is 0. The third-order valence-electron chi connectivity index (χ3n) is 4.33. The molecule has 128 valence electrons. The van der Waals surface area contributed by atoms with E-state index in [0.29, 0.717) is 6.42 Å². The van der Waals surface area contributed by atoms with Gasteiger partial charge in [-0.2, -0.15) is 0 Å². The van der Waals surface area contributed by atoms with Gasteiger partial charge in [-0.3, -0.25) is 0 Å². The smallest absolute Gasteiger partial charge is 0.315 e. The molecular formula is C17H28N4O2. The molecule has 23 heavy (non-hydrogen) atoms. The predicted molar refractivity (Wildman–Crippen MR) is 91.7 cm³/mol. The zero-order valence-electron chi connectivity index (χ0n) is 14.1. The summed E-state index contributed by atoms with van der Waals surface area (Å²) in [5.41, 5.74) is 1.02. The molecule has 0 bridgehead atoms. The van der Waals surface area contributed by atoms with Crippen LogP contribution in [0.5, 0.6) is 0 Å². The standard InChI is InChI=1S/C17H28N4O2/c1-3-14(9-12-22)19-17(23)20-15-7-10-21(11-8-15)16-6-4-5-13(2)18-16/h4-6,14-15,22H,3,7-12H2,1-2H3,(H2,19,20,23). The van der Waals surface area contributed by atoms with Gasteiger partial charge in [0.2, 0.25) is 0 Å². The first-order chi connectivity index (χ1) is 11.1. The van der Waals surface area contributed by atoms with Crippen molar-refractivity contribution in [3.05, 3.63) is 23.9 Å². The number of piperidine rings is 1. The number of anilines is 1. The number of nitrogens with zero attached hydrogens (tertiary/aromatic N) is 2. The van der Waals surface area contributed by atoms with Gasteiger partial charge in [0.1, 0.15) is 5.82 Å². The second-order valence-electron chi connectivity index (χ2n) is 6.13. The quantitative estimate of drug-likeness (QED) is 0.747. The fourth-order valence-electron chi connectivity index (χ4n) is 2.90. The van der Waals surface area contributed by atoms with Crippen molar-refractivity contribution in [1.29, 1.82) is 0 Å². The molecule has 0 aliphatic carbocycles. The minimum Gasteiger partial charge on any atom is -0.396 e. The Morgan fingerprint density at radius 3 is 2.78 bits per heavy atom. The van der Waals surface area contributed by atoms with Crippen molar-refractivity contribution in [3.8, 4) is 0 Å². The Kier molecular flexibility index (Phi) is 6.65. The Hall–Kier alpha value is -1.82. The van der Waals surface area contributed by atoms with Gasteiger partial charge in [0.25, 0.3) is 0 Å². The van der Waals surface area contributed by atoms with Crippen LogP contribution in [0.4, 0.5) is 10.6 Å². The number of aromatic nitrogens is 1. The van der Waals surface area contributed by atoms with E-state index in [9.17, 15) is 4.79 Å². The number of aryl methyl sites for hydroxylation is 1. The van der Waals surface area contributed by atoms with Crippen molar-refractivity contribution in [3.63, 3.8) is 0 Å². The van der Waals surface area contributed by atoms with Crippen LogP contribution in [0.3, 0.4) is 0 Å². The molecular weight excluding hydrogens is 292 g/mol. The van der Waals surface area contributed by atoms with Crippen LogP contribution in [-0.4, -0.2) is 47.9 Å². The van der Waals surface area contributed by atoms with E-state index in [1.54, 1.807) is 0 Å². The minimum atomic E-state index is -0.127. The molecule has 2 amide bonds. The second kappa shape index (κ2) is 8.72. The highest BCUT2D eigenvalue weighted by atomic mass is 16.3. The van der Waals surface area contributed by atoms with E-state index in [4.69, 9.17) is 5.11 Å². The van der Waals surface area contributed by atoms with Crippen molar-refractivity contribution < 1.29 is 9.90 Å². The highest BCUT2D eigenvalue weighted by Crippen LogP contribution is 2.18. The summed E-state index contributed by atoms with van der Waals surface area (Å²) in [6, 6.07) is 6.17. The summed E-state index contributed by atoms with van der Waals surface area (Å²) in [7, 11) is 0. The molecule has 1 aliphatic rings. The maximum atomic E-state index is 12.0. The van der Waals surface area contributed by atoms with Gasteiger partial charge in [-0.1, -0.05) is 13.0 Å². The summed E-state index contributed by atoms with van der Waals surface area (Å²) in [4.78, 5) is 18.8. The fourth-order valence-corrected chi connectivity index (χ4v) is 2.90. The molecule has 1 aromatic heterocycles. The van der Waals surface area contributed by atoms with Gasteiger partial charge >= 0.3 is 6.03 Å². The summed E-state index contributed by atoms with van der Waals surface area (Å²) in [6.07, 6.45) is 3.26. The van der Waals surface area contributed by atoms with Crippen LogP contribution in [-0.2, 0) is 0 Å². The van der Waals surface area contributed by atoms with Crippen LogP contribution >= 0.6 is 0 Å². The maximum Gasteiger partial charge on any atom is 0.315 e. The van der Waals surface area contributed by atoms with Crippen molar-refractivity contribution in [2.24, 2.45) is 0 Å². The maximum absolute atomic E-state index is 12.0. The Balaban J connectivity index is 1.77. The zero-order valence-corrected chi connectivity index (χ0v) is 14.1. The van der Waals surface area contributed by atoms with E-state index >= 15 is 0 Å². The number of rotatable bonds is 6. The Morgan fingerprint density at radius 1 is 1.43 bits per heavy atom. The predicted octanol–water partition coefficient (Wildman–Crippen LogP) is 1.82. The molecule has 6 heteroatoms. The average Bonchev–Trinajstić information content (AvgIpc) is 2.55. The van der Waals surface area contributed by atoms with E-state index in [1.807, 2.05) is 32.0 Å². The van der Waals surface area contributed by atoms with Gasteiger partial charge in [0, 0.05) is 37.5 Å². The third-order valence-corrected chi connectivity index (χ3v) is 4.33. The topological polar surface area (TPSA) is 77.5 Å². The van der Waals surface area contributed by atoms with Crippen LogP contribution in [0.1, 0.15) is 38.3 Å². The number of amides is 2. The van der Waals surface area contributed by atoms with E-state index in [0.717, 1.165) is 43.9 Å². The summed E-state index contributed by atoms with van der Waals surface area (Å²) in [5, 5.41) is 15.0. The van der Waals surface area contributed by atoms with E-state index in [1.165, 1.54) is 0 Å². The number of carbonyl (C=O) groups is 1. The SMILES string of the molecule is CCC(CCO)NC(=O)NC1CCN(c2cccc(C)n2)CC1. The van der Waals surface area contributed by atoms with Crippen molar-refractivity contribution in [2.75, 3.05) is 24.6 Å². The normalized spacial score (nSPS) is 16.9. The Labute approximate surface area is 138 Å². The lowest BCUT2D eigenvalue weighted by atomic mass is 10.1. The number of carbonyl (C=O) groups excluding carboxylic acids is 1. The first-order valence-corrected chi connectivity index (χ1v) is 8.49. The highest BCUT2D eigenvalue weighted by Gasteiger charge is 2.22. The summed E-state index contributed by atoms with van der Waals surface area (Å²) in [6.45, 7) is 5.90. The molecule has 2 heterocycles. The molecule has 1 unspecified atom stereocenters. The van der Waals surface area contributed by atoms with Crippen LogP contribution in [0.2, 0.25) is 0 Å². The monoisotopic (exact) mass is 320 g/mol. The fraction of sp³-hybridized carbons (Fsp3) is 0.647. The van der Waals surface area contributed by atoms with Crippen molar-refractivity contribution >= 4 is 11.8 Å². The van der Waals surface area contributed by atoms with Gasteiger partial charge in [0.15, 0.2) is 0 Å². The Morgan fingerprint density at radius 2 is 2.17 bits per heavy atom. The molecule has 1 atom stereocenters. The molecule has 3 N–H and O–H groups in total. The van der Waals surface area contributed by atoms with Gasteiger partial charge < -0.3 is 20.6 Å². The number of hydrogen-bond acceptors (Lipinski definition) is 4. The van der Waals surface area contributed by atoms with E-state index in [2.05, 4.69) is 20.5 Å². The van der Waals surface area contributed by atoms with E-state index in [-0.39, 0.29) is 24.7 Å². The molecule has 0 spiro atoms. The second-order valence-corrected chi connectivity index (χ2v) is 6.13. The molecule has 6 nitrogen and oxygen atoms in total. The Bertz CT molecular complexity index is 501. The van der Waals surface area contributed by atoms with Gasteiger partial charge in [-0.25, -0.2) is 9.78 Å². The lowest BCUT2D eigenvalue weighted by Crippen LogP contribution is -2.50. The van der Waals surface area contributed by atoms with Crippen LogP contribution in [0, 0.1) is 6.92 Å². The van der Waals surface area contributed by atoms with Gasteiger partial charge in [-0.05, 0) is 44.7 Å². The molecule has 0 saturated carbocycles. The van der Waals surface area contributed by atoms with Crippen LogP contribution < -0.4 is 15.5 Å². The highest BCUT2D eigenvalue weighted by molar-refractivity contribution is 5.74. The molecule has 1 saturated heterocycles. The number of nitrogens with one attached hydrogen (secondary N) is 2. The first kappa shape index (κ1) is 17.5. The van der Waals surface area contributed by atoms with Crippen LogP contribution in [0.15, 0.2) is 18.2 Å². The average molecular weight is 320 g/mol. The lowest BCUT2D eigenvalue weighted by molar-refractivity contribution is 0.222. The largest absolute Gasteiger partial charge is 0.396 e. The summed E-state index contributed by atoms with van der Waals surface area (Å²) in [5.74, 6) is 1.02. The van der Waals surface area contributed by atoms with Gasteiger partial charge in [-0.15, -0.1) is 0 Å². The van der Waals surface area contributed by atoms with Crippen molar-refractivity contribution in [2.45, 2.75) is 51.6 Å². The number of aliphatic hydroxyl groups is 1. The van der Waals surface area contributed by atoms with E-state index < -0.39 is 0 Å².